The molecule has 1 aliphatic rings. The summed E-state index contributed by atoms with van der Waals surface area (Å²) in [6, 6.07) is 23.0. The lowest BCUT2D eigenvalue weighted by atomic mass is 10.1. The van der Waals surface area contributed by atoms with Crippen molar-refractivity contribution in [3.63, 3.8) is 0 Å². The van der Waals surface area contributed by atoms with Crippen molar-refractivity contribution in [1.82, 2.24) is 0 Å². The fourth-order valence-electron chi connectivity index (χ4n) is 2.56. The fourth-order valence-corrected chi connectivity index (χ4v) is 5.47. The van der Waals surface area contributed by atoms with Crippen LogP contribution in [0.15, 0.2) is 66.7 Å². The fraction of sp³-hybridized carbons (Fsp3) is 0. The zero-order chi connectivity index (χ0) is 13.6. The highest BCUT2D eigenvalue weighted by atomic mass is 32.4. The number of benzene rings is 3. The molecule has 0 aromatic heterocycles. The quantitative estimate of drug-likeness (QED) is 0.654. The van der Waals surface area contributed by atoms with Gasteiger partial charge in [0.25, 0.3) is 0 Å². The van der Waals surface area contributed by atoms with Crippen LogP contribution >= 0.6 is 6.34 Å². The summed E-state index contributed by atoms with van der Waals surface area (Å²) in [5.41, 5.74) is 2.21. The Morgan fingerprint density at radius 1 is 0.700 bits per heavy atom. The lowest BCUT2D eigenvalue weighted by Gasteiger charge is -2.17. The van der Waals surface area contributed by atoms with Gasteiger partial charge in [0.2, 0.25) is 0 Å². The van der Waals surface area contributed by atoms with E-state index >= 15 is 0 Å². The minimum Gasteiger partial charge on any atom is -0.337 e. The summed E-state index contributed by atoms with van der Waals surface area (Å²) in [4.78, 5) is 0. The number of hydrogen-bond acceptors (Lipinski definition) is 1. The highest BCUT2D eigenvalue weighted by molar-refractivity contribution is 8.19. The molecule has 1 aliphatic heterocycles. The van der Waals surface area contributed by atoms with Crippen LogP contribution in [-0.4, -0.2) is 0 Å². The smallest absolute Gasteiger partial charge is 0.148 e. The lowest BCUT2D eigenvalue weighted by Crippen LogP contribution is -2.11. The zero-order valence-electron chi connectivity index (χ0n) is 10.7. The topological polar surface area (TPSA) is 24.1 Å². The Balaban J connectivity index is 1.84. The molecule has 0 atom stereocenters. The monoisotopic (exact) mass is 296 g/mol. The predicted octanol–water partition coefficient (Wildman–Crippen LogP) is 4.31. The predicted molar refractivity (Wildman–Crippen MR) is 91.6 cm³/mol. The lowest BCUT2D eigenvalue weighted by molar-refractivity contribution is 1.73. The standard InChI is InChI=1S/C16H13N2PS/c20-19(14-8-2-1-3-9-14)17-15-10-12-6-4-5-7-13(12)11-16(15)18-19/h1-11H,(H2,17,18,20). The Morgan fingerprint density at radius 3 is 1.75 bits per heavy atom. The molecular formula is C16H13N2PS. The summed E-state index contributed by atoms with van der Waals surface area (Å²) in [6.07, 6.45) is -1.96. The Labute approximate surface area is 122 Å². The van der Waals surface area contributed by atoms with Crippen LogP contribution < -0.4 is 15.5 Å². The molecule has 3 aromatic rings. The first-order valence-corrected chi connectivity index (χ1v) is 9.30. The maximum absolute atomic E-state index is 5.87. The molecule has 0 radical (unpaired) electrons. The van der Waals surface area contributed by atoms with E-state index in [0.29, 0.717) is 0 Å². The highest BCUT2D eigenvalue weighted by Crippen LogP contribution is 2.54. The van der Waals surface area contributed by atoms with Crippen molar-refractivity contribution in [2.45, 2.75) is 0 Å². The van der Waals surface area contributed by atoms with Gasteiger partial charge in [-0.05, 0) is 34.7 Å². The molecule has 2 nitrogen and oxygen atoms in total. The van der Waals surface area contributed by atoms with Crippen molar-refractivity contribution in [2.75, 3.05) is 10.2 Å². The van der Waals surface area contributed by atoms with Gasteiger partial charge in [-0.15, -0.1) is 0 Å². The molecule has 0 saturated carbocycles. The first-order valence-electron chi connectivity index (χ1n) is 6.50. The molecule has 0 saturated heterocycles. The Bertz CT molecular complexity index is 797. The molecule has 0 fully saturated rings. The van der Waals surface area contributed by atoms with Gasteiger partial charge in [0.15, 0.2) is 0 Å². The molecule has 0 amide bonds. The van der Waals surface area contributed by atoms with E-state index in [2.05, 4.69) is 58.7 Å². The third kappa shape index (κ3) is 1.82. The Hall–Kier alpha value is -1.83. The van der Waals surface area contributed by atoms with Crippen LogP contribution in [0.25, 0.3) is 10.8 Å². The van der Waals surface area contributed by atoms with E-state index in [1.54, 1.807) is 0 Å². The van der Waals surface area contributed by atoms with E-state index in [4.69, 9.17) is 11.8 Å². The summed E-state index contributed by atoms with van der Waals surface area (Å²) in [5.74, 6) is 0. The van der Waals surface area contributed by atoms with Crippen LogP contribution in [0.3, 0.4) is 0 Å². The average Bonchev–Trinajstić information content (AvgIpc) is 2.82. The third-order valence-corrected chi connectivity index (χ3v) is 6.88. The number of nitrogens with one attached hydrogen (secondary N) is 2. The summed E-state index contributed by atoms with van der Waals surface area (Å²) in [5, 5.41) is 10.7. The van der Waals surface area contributed by atoms with Gasteiger partial charge in [-0.3, -0.25) is 0 Å². The van der Waals surface area contributed by atoms with Gasteiger partial charge >= 0.3 is 0 Å². The van der Waals surface area contributed by atoms with Crippen molar-refractivity contribution in [2.24, 2.45) is 0 Å². The number of hydrogen-bond donors (Lipinski definition) is 2. The van der Waals surface area contributed by atoms with E-state index in [1.165, 1.54) is 10.8 Å². The van der Waals surface area contributed by atoms with Gasteiger partial charge in [0.1, 0.15) is 6.34 Å². The molecular weight excluding hydrogens is 283 g/mol. The second kappa shape index (κ2) is 4.34. The molecule has 0 unspecified atom stereocenters. The number of fused-ring (bicyclic) bond motifs is 2. The van der Waals surface area contributed by atoms with Crippen LogP contribution in [0.1, 0.15) is 0 Å². The maximum Gasteiger partial charge on any atom is 0.148 e. The summed E-state index contributed by atoms with van der Waals surface area (Å²) >= 11 is 5.87. The van der Waals surface area contributed by atoms with Crippen molar-refractivity contribution in [3.05, 3.63) is 66.7 Å². The van der Waals surface area contributed by atoms with Gasteiger partial charge in [-0.2, -0.15) is 0 Å². The second-order valence-corrected chi connectivity index (χ2v) is 8.74. The molecule has 0 bridgehead atoms. The summed E-state index contributed by atoms with van der Waals surface area (Å²) in [7, 11) is 0. The van der Waals surface area contributed by atoms with Crippen LogP contribution in [0.5, 0.6) is 0 Å². The molecule has 1 heterocycles. The molecule has 3 aromatic carbocycles. The highest BCUT2D eigenvalue weighted by Gasteiger charge is 2.27. The molecule has 4 rings (SSSR count). The largest absolute Gasteiger partial charge is 0.337 e. The van der Waals surface area contributed by atoms with E-state index < -0.39 is 6.34 Å². The van der Waals surface area contributed by atoms with Gasteiger partial charge in [0.05, 0.1) is 11.4 Å². The SMILES string of the molecule is S=P1(c2ccccc2)Nc2cc3ccccc3cc2N1. The molecule has 0 aliphatic carbocycles. The zero-order valence-corrected chi connectivity index (χ0v) is 12.4. The van der Waals surface area contributed by atoms with Gasteiger partial charge < -0.3 is 10.2 Å². The van der Waals surface area contributed by atoms with Crippen molar-refractivity contribution >= 4 is 45.6 Å². The minimum atomic E-state index is -1.96. The van der Waals surface area contributed by atoms with Crippen LogP contribution in [-0.2, 0) is 11.8 Å². The number of rotatable bonds is 1. The molecule has 0 spiro atoms. The first-order chi connectivity index (χ1) is 9.74. The average molecular weight is 296 g/mol. The van der Waals surface area contributed by atoms with E-state index in [0.717, 1.165) is 16.7 Å². The Kier molecular flexibility index (Phi) is 2.59. The van der Waals surface area contributed by atoms with Gasteiger partial charge in [-0.1, -0.05) is 54.6 Å². The van der Waals surface area contributed by atoms with E-state index in [-0.39, 0.29) is 0 Å². The minimum absolute atomic E-state index is 1.11. The molecule has 98 valence electrons. The summed E-state index contributed by atoms with van der Waals surface area (Å²) < 4.78 is 0. The van der Waals surface area contributed by atoms with Gasteiger partial charge in [0, 0.05) is 5.30 Å². The van der Waals surface area contributed by atoms with Crippen LogP contribution in [0.2, 0.25) is 0 Å². The second-order valence-electron chi connectivity index (χ2n) is 4.91. The van der Waals surface area contributed by atoms with E-state index in [9.17, 15) is 0 Å². The molecule has 20 heavy (non-hydrogen) atoms. The first kappa shape index (κ1) is 12.0. The molecule has 4 heteroatoms. The van der Waals surface area contributed by atoms with Crippen LogP contribution in [0, 0.1) is 0 Å². The van der Waals surface area contributed by atoms with Crippen molar-refractivity contribution in [1.29, 1.82) is 0 Å². The van der Waals surface area contributed by atoms with Gasteiger partial charge in [-0.25, -0.2) is 0 Å². The summed E-state index contributed by atoms with van der Waals surface area (Å²) in [6.45, 7) is 0. The van der Waals surface area contributed by atoms with Crippen molar-refractivity contribution in [3.8, 4) is 0 Å². The normalized spacial score (nSPS) is 15.4. The number of anilines is 2. The maximum atomic E-state index is 5.87. The Morgan fingerprint density at radius 2 is 1.20 bits per heavy atom. The third-order valence-electron chi connectivity index (χ3n) is 3.56. The van der Waals surface area contributed by atoms with Crippen molar-refractivity contribution < 1.29 is 0 Å². The molecule has 2 N–H and O–H groups in total. The van der Waals surface area contributed by atoms with E-state index in [1.807, 2.05) is 18.2 Å². The van der Waals surface area contributed by atoms with Crippen LogP contribution in [0.4, 0.5) is 11.4 Å².